The lowest BCUT2D eigenvalue weighted by atomic mass is 10.0. The first-order chi connectivity index (χ1) is 17.7. The van der Waals surface area contributed by atoms with Gasteiger partial charge in [0.15, 0.2) is 6.73 Å². The molecule has 0 spiro atoms. The van der Waals surface area contributed by atoms with Crippen LogP contribution >= 0.6 is 0 Å². The number of pyridine rings is 1. The molecule has 0 bridgehead atoms. The molecule has 9 nitrogen and oxygen atoms in total. The summed E-state index contributed by atoms with van der Waals surface area (Å²) in [5.41, 5.74) is 3.74. The van der Waals surface area contributed by atoms with Crippen molar-refractivity contribution in [1.82, 2.24) is 14.9 Å². The van der Waals surface area contributed by atoms with Gasteiger partial charge in [-0.25, -0.2) is 17.8 Å². The zero-order chi connectivity index (χ0) is 26.1. The second-order valence-corrected chi connectivity index (χ2v) is 10.8. The number of hydrogen-bond acceptors (Lipinski definition) is 6. The molecule has 0 saturated heterocycles. The number of hydrogen-bond donors (Lipinski definition) is 1. The van der Waals surface area contributed by atoms with Crippen molar-refractivity contribution < 1.29 is 26.8 Å². The van der Waals surface area contributed by atoms with E-state index in [4.69, 9.17) is 14.1 Å². The van der Waals surface area contributed by atoms with Gasteiger partial charge in [-0.05, 0) is 36.4 Å². The highest BCUT2D eigenvalue weighted by molar-refractivity contribution is 7.92. The van der Waals surface area contributed by atoms with Crippen LogP contribution in [0, 0.1) is 5.82 Å². The molecule has 11 heteroatoms. The maximum atomic E-state index is 14.5. The average molecular weight is 521 g/mol. The van der Waals surface area contributed by atoms with Crippen LogP contribution in [0.2, 0.25) is 0 Å². The smallest absolute Gasteiger partial charge is 0.254 e. The first-order valence-electron chi connectivity index (χ1n) is 11.3. The summed E-state index contributed by atoms with van der Waals surface area (Å²) in [6.07, 6.45) is 2.43. The number of anilines is 1. The highest BCUT2D eigenvalue weighted by atomic mass is 32.2. The van der Waals surface area contributed by atoms with Crippen LogP contribution in [0.15, 0.2) is 59.2 Å². The molecule has 0 radical (unpaired) electrons. The van der Waals surface area contributed by atoms with Crippen molar-refractivity contribution in [3.05, 3.63) is 66.2 Å². The number of nitrogens with zero attached hydrogens (tertiary/aromatic N) is 3. The van der Waals surface area contributed by atoms with Gasteiger partial charge in [-0.2, -0.15) is 0 Å². The molecule has 0 saturated carbocycles. The number of carbonyl (C=O) groups is 1. The van der Waals surface area contributed by atoms with Crippen molar-refractivity contribution >= 4 is 43.5 Å². The number of sulfonamides is 1. The Morgan fingerprint density at radius 3 is 2.73 bits per heavy atom. The minimum absolute atomic E-state index is 0.203. The standard InChI is InChI=1S/C26H21FN4O5S/c1-28-26(32)17-12-35-24-11-21(30(2)37(3,33)34)16(9-14(17)24)19-7-8-23-25(29-19)22-10-15-18(27)5-4-6-20(15)31(22)13-36-23/h4-12H,13H2,1-3H3,(H,28,32). The van der Waals surface area contributed by atoms with Crippen LogP contribution in [-0.2, 0) is 16.8 Å². The normalized spacial score (nSPS) is 12.8. The molecule has 37 heavy (non-hydrogen) atoms. The molecule has 4 heterocycles. The van der Waals surface area contributed by atoms with Crippen molar-refractivity contribution in [2.75, 3.05) is 24.7 Å². The third-order valence-electron chi connectivity index (χ3n) is 6.62. The molecule has 1 aliphatic heterocycles. The minimum atomic E-state index is -3.64. The van der Waals surface area contributed by atoms with Crippen molar-refractivity contribution in [2.45, 2.75) is 6.73 Å². The van der Waals surface area contributed by atoms with Crippen LogP contribution in [0.4, 0.5) is 10.1 Å². The number of carbonyl (C=O) groups excluding carboxylic acids is 1. The van der Waals surface area contributed by atoms with Crippen LogP contribution in [-0.4, -0.2) is 44.2 Å². The van der Waals surface area contributed by atoms with Crippen molar-refractivity contribution in [3.8, 4) is 28.4 Å². The Morgan fingerprint density at radius 1 is 1.16 bits per heavy atom. The van der Waals surface area contributed by atoms with E-state index >= 15 is 0 Å². The molecule has 3 aromatic heterocycles. The van der Waals surface area contributed by atoms with Crippen LogP contribution in [0.25, 0.3) is 44.5 Å². The first-order valence-corrected chi connectivity index (χ1v) is 13.2. The Kier molecular flexibility index (Phi) is 5.02. The number of amides is 1. The van der Waals surface area contributed by atoms with Crippen LogP contribution in [0.5, 0.6) is 5.75 Å². The summed E-state index contributed by atoms with van der Waals surface area (Å²) < 4.78 is 54.0. The quantitative estimate of drug-likeness (QED) is 0.377. The Bertz CT molecular complexity index is 1860. The van der Waals surface area contributed by atoms with Crippen molar-refractivity contribution in [2.24, 2.45) is 0 Å². The van der Waals surface area contributed by atoms with E-state index in [9.17, 15) is 17.6 Å². The summed E-state index contributed by atoms with van der Waals surface area (Å²) in [4.78, 5) is 17.3. The van der Waals surface area contributed by atoms with Gasteiger partial charge in [0.25, 0.3) is 5.91 Å². The zero-order valence-corrected chi connectivity index (χ0v) is 20.9. The Balaban J connectivity index is 1.61. The number of furan rings is 1. The molecule has 1 amide bonds. The lowest BCUT2D eigenvalue weighted by Gasteiger charge is -2.23. The summed E-state index contributed by atoms with van der Waals surface area (Å²) >= 11 is 0. The second-order valence-electron chi connectivity index (χ2n) is 8.77. The van der Waals surface area contributed by atoms with E-state index in [2.05, 4.69) is 5.32 Å². The van der Waals surface area contributed by atoms with Crippen LogP contribution in [0.3, 0.4) is 0 Å². The summed E-state index contributed by atoms with van der Waals surface area (Å²) in [6.45, 7) is 0.203. The summed E-state index contributed by atoms with van der Waals surface area (Å²) in [5, 5.41) is 3.54. The number of nitrogens with one attached hydrogen (secondary N) is 1. The third kappa shape index (κ3) is 3.53. The molecule has 0 fully saturated rings. The predicted octanol–water partition coefficient (Wildman–Crippen LogP) is 4.36. The van der Waals surface area contributed by atoms with Gasteiger partial charge in [-0.3, -0.25) is 9.10 Å². The molecule has 1 N–H and O–H groups in total. The fraction of sp³-hybridized carbons (Fsp3) is 0.154. The maximum Gasteiger partial charge on any atom is 0.254 e. The predicted molar refractivity (Wildman–Crippen MR) is 138 cm³/mol. The number of ether oxygens (including phenoxy) is 1. The van der Waals surface area contributed by atoms with E-state index in [1.165, 1.54) is 26.4 Å². The Morgan fingerprint density at radius 2 is 1.97 bits per heavy atom. The number of halogens is 1. The number of rotatable bonds is 4. The van der Waals surface area contributed by atoms with Crippen molar-refractivity contribution in [1.29, 1.82) is 0 Å². The summed E-state index contributed by atoms with van der Waals surface area (Å²) in [6, 6.07) is 13.3. The molecule has 0 atom stereocenters. The van der Waals surface area contributed by atoms with Gasteiger partial charge in [-0.15, -0.1) is 0 Å². The lowest BCUT2D eigenvalue weighted by molar-refractivity contribution is 0.0964. The molecule has 0 aliphatic carbocycles. The maximum absolute atomic E-state index is 14.5. The summed E-state index contributed by atoms with van der Waals surface area (Å²) in [5.74, 6) is -0.165. The highest BCUT2D eigenvalue weighted by Gasteiger charge is 2.26. The van der Waals surface area contributed by atoms with E-state index in [1.807, 2.05) is 10.6 Å². The topological polar surface area (TPSA) is 107 Å². The molecule has 1 aliphatic rings. The number of benzene rings is 2. The van der Waals surface area contributed by atoms with Crippen LogP contribution in [0.1, 0.15) is 10.4 Å². The fourth-order valence-electron chi connectivity index (χ4n) is 4.63. The van der Waals surface area contributed by atoms with Gasteiger partial charge in [0.2, 0.25) is 10.0 Å². The van der Waals surface area contributed by atoms with Gasteiger partial charge in [0, 0.05) is 36.5 Å². The molecular weight excluding hydrogens is 499 g/mol. The average Bonchev–Trinajstić information content (AvgIpc) is 3.48. The molecule has 188 valence electrons. The number of aromatic nitrogens is 2. The van der Waals surface area contributed by atoms with E-state index in [0.717, 1.165) is 10.6 Å². The summed E-state index contributed by atoms with van der Waals surface area (Å²) in [7, 11) is -0.693. The SMILES string of the molecule is CNC(=O)c1coc2cc(N(C)S(C)(=O)=O)c(-c3ccc4c(n3)-c3cc5c(F)cccc5n3CO4)cc12. The first kappa shape index (κ1) is 23.0. The van der Waals surface area contributed by atoms with Gasteiger partial charge >= 0.3 is 0 Å². The zero-order valence-electron chi connectivity index (χ0n) is 20.1. The van der Waals surface area contributed by atoms with E-state index < -0.39 is 10.0 Å². The second kappa shape index (κ2) is 8.07. The molecule has 0 unspecified atom stereocenters. The van der Waals surface area contributed by atoms with Gasteiger partial charge < -0.3 is 19.0 Å². The van der Waals surface area contributed by atoms with Gasteiger partial charge in [-0.1, -0.05) is 6.07 Å². The third-order valence-corrected chi connectivity index (χ3v) is 7.81. The van der Waals surface area contributed by atoms with E-state index in [0.29, 0.717) is 61.5 Å². The van der Waals surface area contributed by atoms with E-state index in [1.54, 1.807) is 36.4 Å². The van der Waals surface area contributed by atoms with Crippen LogP contribution < -0.4 is 14.4 Å². The lowest BCUT2D eigenvalue weighted by Crippen LogP contribution is -2.25. The van der Waals surface area contributed by atoms with E-state index in [-0.39, 0.29) is 18.5 Å². The molecular formula is C26H21FN4O5S. The van der Waals surface area contributed by atoms with Crippen molar-refractivity contribution in [3.63, 3.8) is 0 Å². The monoisotopic (exact) mass is 520 g/mol. The largest absolute Gasteiger partial charge is 0.470 e. The Hall–Kier alpha value is -4.38. The van der Waals surface area contributed by atoms with Gasteiger partial charge in [0.05, 0.1) is 34.4 Å². The number of fused-ring (bicyclic) bond motifs is 6. The molecule has 2 aromatic carbocycles. The highest BCUT2D eigenvalue weighted by Crippen LogP contribution is 2.42. The minimum Gasteiger partial charge on any atom is -0.470 e. The van der Waals surface area contributed by atoms with Gasteiger partial charge in [0.1, 0.15) is 29.1 Å². The molecule has 6 rings (SSSR count). The Labute approximate surface area is 211 Å². The molecule has 5 aromatic rings. The fourth-order valence-corrected chi connectivity index (χ4v) is 5.14.